The fourth-order valence-electron chi connectivity index (χ4n) is 2.94. The highest BCUT2D eigenvalue weighted by atomic mass is 32.2. The highest BCUT2D eigenvalue weighted by molar-refractivity contribution is 7.92. The van der Waals surface area contributed by atoms with E-state index in [9.17, 15) is 23.3 Å². The molecule has 1 aliphatic rings. The van der Waals surface area contributed by atoms with Crippen molar-refractivity contribution in [3.63, 3.8) is 0 Å². The normalized spacial score (nSPS) is 15.5. The van der Waals surface area contributed by atoms with Gasteiger partial charge < -0.3 is 0 Å². The van der Waals surface area contributed by atoms with Crippen molar-refractivity contribution in [3.05, 3.63) is 33.4 Å². The fourth-order valence-corrected chi connectivity index (χ4v) is 4.98. The standard InChI is InChI=1S/C15H18N2O5S/c1-3-10-8-14(23(21,22)11-6-4-5-7-11)13(17(19)20)9-12(10)15(18)16-2/h8-9,11H,2-7H2,1H3. The zero-order chi connectivity index (χ0) is 17.2. The number of amides is 1. The van der Waals surface area contributed by atoms with Gasteiger partial charge in [-0.3, -0.25) is 14.9 Å². The van der Waals surface area contributed by atoms with Crippen LogP contribution in [0.25, 0.3) is 0 Å². The molecule has 1 saturated carbocycles. The molecule has 1 aliphatic carbocycles. The van der Waals surface area contributed by atoms with Crippen LogP contribution in [-0.2, 0) is 16.3 Å². The van der Waals surface area contributed by atoms with Crippen molar-refractivity contribution in [1.29, 1.82) is 0 Å². The van der Waals surface area contributed by atoms with Gasteiger partial charge in [0, 0.05) is 6.07 Å². The van der Waals surface area contributed by atoms with Crippen LogP contribution in [0.2, 0.25) is 0 Å². The van der Waals surface area contributed by atoms with Gasteiger partial charge in [-0.05, 0) is 37.6 Å². The van der Waals surface area contributed by atoms with Crippen LogP contribution in [0.15, 0.2) is 22.0 Å². The number of aryl methyl sites for hydroxylation is 1. The van der Waals surface area contributed by atoms with E-state index in [0.717, 1.165) is 18.9 Å². The van der Waals surface area contributed by atoms with Crippen molar-refractivity contribution in [2.75, 3.05) is 0 Å². The van der Waals surface area contributed by atoms with Gasteiger partial charge in [-0.25, -0.2) is 13.4 Å². The Hall–Kier alpha value is -2.09. The van der Waals surface area contributed by atoms with Crippen molar-refractivity contribution in [2.45, 2.75) is 49.2 Å². The molecule has 0 bridgehead atoms. The number of nitrogens with zero attached hydrogens (tertiary/aromatic N) is 2. The van der Waals surface area contributed by atoms with Gasteiger partial charge in [0.2, 0.25) is 0 Å². The first-order chi connectivity index (χ1) is 10.8. The fraction of sp³-hybridized carbons (Fsp3) is 0.467. The van der Waals surface area contributed by atoms with E-state index < -0.39 is 31.6 Å². The molecule has 7 nitrogen and oxygen atoms in total. The van der Waals surface area contributed by atoms with E-state index in [4.69, 9.17) is 0 Å². The lowest BCUT2D eigenvalue weighted by molar-refractivity contribution is -0.387. The Kier molecular flexibility index (Phi) is 4.93. The lowest BCUT2D eigenvalue weighted by atomic mass is 10.0. The smallest absolute Gasteiger partial charge is 0.267 e. The van der Waals surface area contributed by atoms with Gasteiger partial charge in [-0.1, -0.05) is 19.8 Å². The Morgan fingerprint density at radius 1 is 1.39 bits per heavy atom. The van der Waals surface area contributed by atoms with Gasteiger partial charge in [0.25, 0.3) is 11.6 Å². The van der Waals surface area contributed by atoms with Crippen LogP contribution in [0.1, 0.15) is 48.5 Å². The average Bonchev–Trinajstić information content (AvgIpc) is 3.07. The zero-order valence-corrected chi connectivity index (χ0v) is 13.6. The maximum Gasteiger partial charge on any atom is 0.288 e. The van der Waals surface area contributed by atoms with Crippen LogP contribution in [0.4, 0.5) is 5.69 Å². The van der Waals surface area contributed by atoms with Crippen LogP contribution in [0, 0.1) is 10.1 Å². The molecule has 0 N–H and O–H groups in total. The molecule has 1 aromatic rings. The highest BCUT2D eigenvalue weighted by Crippen LogP contribution is 2.36. The summed E-state index contributed by atoms with van der Waals surface area (Å²) < 4.78 is 25.5. The first kappa shape index (κ1) is 17.3. The molecule has 8 heteroatoms. The molecule has 0 saturated heterocycles. The molecular formula is C15H18N2O5S. The summed E-state index contributed by atoms with van der Waals surface area (Å²) in [4.78, 5) is 25.3. The highest BCUT2D eigenvalue weighted by Gasteiger charge is 2.36. The molecule has 0 atom stereocenters. The topological polar surface area (TPSA) is 107 Å². The molecule has 0 spiro atoms. The van der Waals surface area contributed by atoms with Crippen LogP contribution in [-0.4, -0.2) is 31.2 Å². The zero-order valence-electron chi connectivity index (χ0n) is 12.8. The predicted molar refractivity (Wildman–Crippen MR) is 85.8 cm³/mol. The predicted octanol–water partition coefficient (Wildman–Crippen LogP) is 2.71. The van der Waals surface area contributed by atoms with Crippen LogP contribution in [0.5, 0.6) is 0 Å². The summed E-state index contributed by atoms with van der Waals surface area (Å²) in [5.74, 6) is -0.699. The molecular weight excluding hydrogens is 320 g/mol. The SMILES string of the molecule is C=NC(=O)c1cc([N+](=O)[O-])c(S(=O)(=O)C2CCCC2)cc1CC. The molecule has 0 unspecified atom stereocenters. The van der Waals surface area contributed by atoms with Gasteiger partial charge >= 0.3 is 0 Å². The third-order valence-corrected chi connectivity index (χ3v) is 6.47. The maximum atomic E-state index is 12.8. The van der Waals surface area contributed by atoms with Crippen LogP contribution >= 0.6 is 0 Å². The number of nitro benzene ring substituents is 1. The molecule has 1 fully saturated rings. The summed E-state index contributed by atoms with van der Waals surface area (Å²) >= 11 is 0. The van der Waals surface area contributed by atoms with Crippen molar-refractivity contribution >= 4 is 28.1 Å². The minimum Gasteiger partial charge on any atom is -0.267 e. The Labute approximate surface area is 134 Å². The molecule has 0 radical (unpaired) electrons. The van der Waals surface area contributed by atoms with E-state index in [2.05, 4.69) is 11.7 Å². The quantitative estimate of drug-likeness (QED) is 0.466. The second-order valence-corrected chi connectivity index (χ2v) is 7.70. The van der Waals surface area contributed by atoms with E-state index >= 15 is 0 Å². The number of nitro groups is 1. The van der Waals surface area contributed by atoms with E-state index in [1.807, 2.05) is 0 Å². The third-order valence-electron chi connectivity index (χ3n) is 4.18. The number of aliphatic imine (C=N–C) groups is 1. The second-order valence-electron chi connectivity index (χ2n) is 5.50. The third kappa shape index (κ3) is 3.17. The Bertz CT molecular complexity index is 764. The molecule has 0 aromatic heterocycles. The molecule has 23 heavy (non-hydrogen) atoms. The van der Waals surface area contributed by atoms with Gasteiger partial charge in [0.15, 0.2) is 9.84 Å². The summed E-state index contributed by atoms with van der Waals surface area (Å²) in [6, 6.07) is 2.27. The second kappa shape index (κ2) is 6.57. The average molecular weight is 338 g/mol. The van der Waals surface area contributed by atoms with Gasteiger partial charge in [0.05, 0.1) is 15.7 Å². The van der Waals surface area contributed by atoms with E-state index in [0.29, 0.717) is 24.8 Å². The monoisotopic (exact) mass is 338 g/mol. The van der Waals surface area contributed by atoms with Crippen molar-refractivity contribution in [3.8, 4) is 0 Å². The summed E-state index contributed by atoms with van der Waals surface area (Å²) in [6.45, 7) is 4.88. The largest absolute Gasteiger partial charge is 0.288 e. The van der Waals surface area contributed by atoms with E-state index in [1.165, 1.54) is 6.07 Å². The van der Waals surface area contributed by atoms with Crippen LogP contribution in [0.3, 0.4) is 0 Å². The lowest BCUT2D eigenvalue weighted by Crippen LogP contribution is -2.20. The summed E-state index contributed by atoms with van der Waals surface area (Å²) in [5.41, 5.74) is -0.120. The molecule has 1 aromatic carbocycles. The van der Waals surface area contributed by atoms with Gasteiger partial charge in [-0.2, -0.15) is 0 Å². The van der Waals surface area contributed by atoms with E-state index in [-0.39, 0.29) is 10.5 Å². The maximum absolute atomic E-state index is 12.8. The summed E-state index contributed by atoms with van der Waals surface area (Å²) in [7, 11) is -3.80. The first-order valence-electron chi connectivity index (χ1n) is 7.39. The summed E-state index contributed by atoms with van der Waals surface area (Å²) in [5, 5.41) is 10.7. The van der Waals surface area contributed by atoms with E-state index in [1.54, 1.807) is 6.92 Å². The Balaban J connectivity index is 2.69. The van der Waals surface area contributed by atoms with Crippen molar-refractivity contribution < 1.29 is 18.1 Å². The number of carbonyl (C=O) groups excluding carboxylic acids is 1. The molecule has 124 valence electrons. The number of sulfone groups is 1. The minimum atomic E-state index is -3.80. The first-order valence-corrected chi connectivity index (χ1v) is 8.93. The van der Waals surface area contributed by atoms with Crippen molar-refractivity contribution in [1.82, 2.24) is 0 Å². The number of rotatable bonds is 5. The molecule has 0 aliphatic heterocycles. The number of hydrogen-bond donors (Lipinski definition) is 0. The lowest BCUT2D eigenvalue weighted by Gasteiger charge is -2.14. The van der Waals surface area contributed by atoms with Gasteiger partial charge in [-0.15, -0.1) is 0 Å². The molecule has 0 heterocycles. The molecule has 1 amide bonds. The minimum absolute atomic E-state index is 0.0274. The number of hydrogen-bond acceptors (Lipinski definition) is 5. The van der Waals surface area contributed by atoms with Crippen LogP contribution < -0.4 is 0 Å². The van der Waals surface area contributed by atoms with Crippen molar-refractivity contribution in [2.24, 2.45) is 4.99 Å². The molecule has 2 rings (SSSR count). The number of benzene rings is 1. The number of carbonyl (C=O) groups is 1. The van der Waals surface area contributed by atoms with Gasteiger partial charge in [0.1, 0.15) is 4.90 Å². The Morgan fingerprint density at radius 2 is 2.00 bits per heavy atom. The summed E-state index contributed by atoms with van der Waals surface area (Å²) in [6.07, 6.45) is 2.98. The Morgan fingerprint density at radius 3 is 2.48 bits per heavy atom.